The highest BCUT2D eigenvalue weighted by Gasteiger charge is 2.46. The number of carbonyl (C=O) groups is 2. The van der Waals surface area contributed by atoms with Crippen molar-refractivity contribution in [3.63, 3.8) is 0 Å². The largest absolute Gasteiger partial charge is 0.353 e. The molecule has 3 rings (SSSR count). The smallest absolute Gasteiger partial charge is 0.234 e. The minimum atomic E-state index is 0.0650. The van der Waals surface area contributed by atoms with E-state index >= 15 is 0 Å². The van der Waals surface area contributed by atoms with E-state index in [9.17, 15) is 9.59 Å². The fourth-order valence-electron chi connectivity index (χ4n) is 3.57. The molecular weight excluding hydrogens is 350 g/mol. The van der Waals surface area contributed by atoms with Crippen LogP contribution in [0.4, 0.5) is 0 Å². The minimum absolute atomic E-state index is 0.0650. The number of nitrogens with zero attached hydrogens (tertiary/aromatic N) is 2. The molecule has 0 spiro atoms. The van der Waals surface area contributed by atoms with Crippen molar-refractivity contribution < 1.29 is 9.59 Å². The third kappa shape index (κ3) is 4.57. The van der Waals surface area contributed by atoms with E-state index in [-0.39, 0.29) is 29.7 Å². The van der Waals surface area contributed by atoms with E-state index < -0.39 is 0 Å². The SMILES string of the molecule is CCC(C)NC(=O)CN1CCN(C(=O)C2CC2c2ccccc2Cl)CC1. The van der Waals surface area contributed by atoms with Crippen LogP contribution in [0.3, 0.4) is 0 Å². The van der Waals surface area contributed by atoms with Gasteiger partial charge in [-0.3, -0.25) is 14.5 Å². The highest BCUT2D eigenvalue weighted by Crippen LogP contribution is 2.50. The summed E-state index contributed by atoms with van der Waals surface area (Å²) >= 11 is 6.26. The monoisotopic (exact) mass is 377 g/mol. The quantitative estimate of drug-likeness (QED) is 0.828. The molecule has 5 nitrogen and oxygen atoms in total. The van der Waals surface area contributed by atoms with Crippen LogP contribution in [0.25, 0.3) is 0 Å². The van der Waals surface area contributed by atoms with Crippen LogP contribution in [0.15, 0.2) is 24.3 Å². The molecule has 3 unspecified atom stereocenters. The van der Waals surface area contributed by atoms with Gasteiger partial charge in [0.2, 0.25) is 11.8 Å². The number of hydrogen-bond acceptors (Lipinski definition) is 3. The maximum atomic E-state index is 12.8. The summed E-state index contributed by atoms with van der Waals surface area (Å²) in [6.07, 6.45) is 1.82. The molecule has 6 heteroatoms. The summed E-state index contributed by atoms with van der Waals surface area (Å²) in [5.41, 5.74) is 1.09. The van der Waals surface area contributed by atoms with E-state index in [1.165, 1.54) is 0 Å². The fourth-order valence-corrected chi connectivity index (χ4v) is 3.85. The van der Waals surface area contributed by atoms with Gasteiger partial charge in [-0.1, -0.05) is 36.7 Å². The molecule has 1 heterocycles. The van der Waals surface area contributed by atoms with Crippen LogP contribution in [0.2, 0.25) is 5.02 Å². The lowest BCUT2D eigenvalue weighted by Gasteiger charge is -2.34. The van der Waals surface area contributed by atoms with Gasteiger partial charge in [0.1, 0.15) is 0 Å². The van der Waals surface area contributed by atoms with Crippen molar-refractivity contribution in [1.82, 2.24) is 15.1 Å². The van der Waals surface area contributed by atoms with Crippen LogP contribution < -0.4 is 5.32 Å². The van der Waals surface area contributed by atoms with Gasteiger partial charge >= 0.3 is 0 Å². The molecule has 1 N–H and O–H groups in total. The maximum absolute atomic E-state index is 12.8. The predicted octanol–water partition coefficient (Wildman–Crippen LogP) is 2.50. The molecule has 0 aromatic heterocycles. The number of piperazine rings is 1. The van der Waals surface area contributed by atoms with Crippen molar-refractivity contribution in [2.75, 3.05) is 32.7 Å². The van der Waals surface area contributed by atoms with Crippen LogP contribution in [-0.4, -0.2) is 60.4 Å². The Morgan fingerprint density at radius 2 is 1.92 bits per heavy atom. The van der Waals surface area contributed by atoms with Crippen molar-refractivity contribution >= 4 is 23.4 Å². The lowest BCUT2D eigenvalue weighted by molar-refractivity contribution is -0.134. The summed E-state index contributed by atoms with van der Waals surface area (Å²) in [6.45, 7) is 7.38. The van der Waals surface area contributed by atoms with E-state index in [4.69, 9.17) is 11.6 Å². The van der Waals surface area contributed by atoms with E-state index in [1.54, 1.807) is 0 Å². The highest BCUT2D eigenvalue weighted by molar-refractivity contribution is 6.31. The molecule has 1 aliphatic heterocycles. The molecule has 142 valence electrons. The predicted molar refractivity (Wildman–Crippen MR) is 103 cm³/mol. The molecule has 26 heavy (non-hydrogen) atoms. The average Bonchev–Trinajstić information content (AvgIpc) is 3.42. The molecule has 2 amide bonds. The molecule has 1 aliphatic carbocycles. The maximum Gasteiger partial charge on any atom is 0.234 e. The summed E-state index contributed by atoms with van der Waals surface area (Å²) in [7, 11) is 0. The van der Waals surface area contributed by atoms with Crippen molar-refractivity contribution in [3.05, 3.63) is 34.9 Å². The third-order valence-corrected chi connectivity index (χ3v) is 5.83. The summed E-state index contributed by atoms with van der Waals surface area (Å²) < 4.78 is 0. The number of rotatable bonds is 6. The zero-order chi connectivity index (χ0) is 18.7. The van der Waals surface area contributed by atoms with E-state index in [1.807, 2.05) is 36.1 Å². The van der Waals surface area contributed by atoms with Gasteiger partial charge in [0.25, 0.3) is 0 Å². The van der Waals surface area contributed by atoms with E-state index in [0.29, 0.717) is 19.6 Å². The number of nitrogens with one attached hydrogen (secondary N) is 1. The van der Waals surface area contributed by atoms with E-state index in [0.717, 1.165) is 36.5 Å². The standard InChI is InChI=1S/C20H28ClN3O2/c1-3-14(2)22-19(25)13-23-8-10-24(11-9-23)20(26)17-12-16(17)15-6-4-5-7-18(15)21/h4-7,14,16-17H,3,8-13H2,1-2H3,(H,22,25). The van der Waals surface area contributed by atoms with Gasteiger partial charge in [0.05, 0.1) is 6.54 Å². The topological polar surface area (TPSA) is 52.7 Å². The van der Waals surface area contributed by atoms with E-state index in [2.05, 4.69) is 17.1 Å². The lowest BCUT2D eigenvalue weighted by atomic mass is 10.1. The fraction of sp³-hybridized carbons (Fsp3) is 0.600. The van der Waals surface area contributed by atoms with Crippen LogP contribution in [-0.2, 0) is 9.59 Å². The Balaban J connectivity index is 1.45. The normalized spacial score (nSPS) is 24.2. The van der Waals surface area contributed by atoms with Crippen molar-refractivity contribution in [2.45, 2.75) is 38.6 Å². The van der Waals surface area contributed by atoms with Crippen LogP contribution in [0, 0.1) is 5.92 Å². The third-order valence-electron chi connectivity index (χ3n) is 5.48. The molecule has 0 radical (unpaired) electrons. The molecule has 1 saturated heterocycles. The summed E-state index contributed by atoms with van der Waals surface area (Å²) in [5.74, 6) is 0.629. The van der Waals surface area contributed by atoms with Crippen molar-refractivity contribution in [1.29, 1.82) is 0 Å². The Kier molecular flexibility index (Phi) is 6.20. The molecule has 1 aromatic carbocycles. The first-order chi connectivity index (χ1) is 12.5. The summed E-state index contributed by atoms with van der Waals surface area (Å²) in [6, 6.07) is 8.02. The first-order valence-corrected chi connectivity index (χ1v) is 9.92. The Labute approximate surface area is 160 Å². The highest BCUT2D eigenvalue weighted by atomic mass is 35.5. The van der Waals surface area contributed by atoms with Crippen LogP contribution in [0.5, 0.6) is 0 Å². The number of amides is 2. The van der Waals surface area contributed by atoms with Gasteiger partial charge in [-0.05, 0) is 37.3 Å². The number of hydrogen-bond donors (Lipinski definition) is 1. The second-order valence-electron chi connectivity index (χ2n) is 7.45. The Hall–Kier alpha value is -1.59. The molecule has 2 aliphatic rings. The second-order valence-corrected chi connectivity index (χ2v) is 7.86. The van der Waals surface area contributed by atoms with Gasteiger partial charge in [-0.15, -0.1) is 0 Å². The zero-order valence-corrected chi connectivity index (χ0v) is 16.3. The summed E-state index contributed by atoms with van der Waals surface area (Å²) in [4.78, 5) is 28.8. The average molecular weight is 378 g/mol. The Morgan fingerprint density at radius 1 is 1.23 bits per heavy atom. The number of carbonyl (C=O) groups excluding carboxylic acids is 2. The zero-order valence-electron chi connectivity index (χ0n) is 15.6. The number of benzene rings is 1. The second kappa shape index (κ2) is 8.40. The molecule has 0 bridgehead atoms. The van der Waals surface area contributed by atoms with Gasteiger partial charge in [0, 0.05) is 43.2 Å². The van der Waals surface area contributed by atoms with Crippen LogP contribution >= 0.6 is 11.6 Å². The number of halogens is 1. The first-order valence-electron chi connectivity index (χ1n) is 9.54. The van der Waals surface area contributed by atoms with Gasteiger partial charge in [-0.2, -0.15) is 0 Å². The molecule has 3 atom stereocenters. The Bertz CT molecular complexity index is 658. The van der Waals surface area contributed by atoms with Gasteiger partial charge < -0.3 is 10.2 Å². The van der Waals surface area contributed by atoms with Crippen molar-refractivity contribution in [2.24, 2.45) is 5.92 Å². The van der Waals surface area contributed by atoms with Gasteiger partial charge in [-0.25, -0.2) is 0 Å². The lowest BCUT2D eigenvalue weighted by Crippen LogP contribution is -2.52. The molecule has 1 saturated carbocycles. The minimum Gasteiger partial charge on any atom is -0.353 e. The van der Waals surface area contributed by atoms with Crippen LogP contribution in [0.1, 0.15) is 38.2 Å². The van der Waals surface area contributed by atoms with Gasteiger partial charge in [0.15, 0.2) is 0 Å². The molecular formula is C20H28ClN3O2. The molecule has 2 fully saturated rings. The molecule has 1 aromatic rings. The Morgan fingerprint density at radius 3 is 2.58 bits per heavy atom. The van der Waals surface area contributed by atoms with Crippen molar-refractivity contribution in [3.8, 4) is 0 Å². The first kappa shape index (κ1) is 19.2. The summed E-state index contributed by atoms with van der Waals surface area (Å²) in [5, 5.41) is 3.75.